The van der Waals surface area contributed by atoms with E-state index in [1.54, 1.807) is 0 Å². The first-order chi connectivity index (χ1) is 11.8. The van der Waals surface area contributed by atoms with Gasteiger partial charge >= 0.3 is 5.97 Å². The van der Waals surface area contributed by atoms with Gasteiger partial charge in [0.25, 0.3) is 11.4 Å². The van der Waals surface area contributed by atoms with E-state index in [-0.39, 0.29) is 24.1 Å². The second-order valence-corrected chi connectivity index (χ2v) is 4.83. The van der Waals surface area contributed by atoms with Crippen LogP contribution in [-0.4, -0.2) is 33.4 Å². The summed E-state index contributed by atoms with van der Waals surface area (Å²) >= 11 is 0. The van der Waals surface area contributed by atoms with Crippen LogP contribution in [0.4, 0.5) is 11.4 Å². The van der Waals surface area contributed by atoms with Gasteiger partial charge in [0, 0.05) is 18.2 Å². The SMILES string of the molecule is C=CC(=O)NCCC/C(=C\c1ccc([N+](=O)[O-])cc1[N+](=O)[O-])C(=O)O. The molecule has 0 radical (unpaired) electrons. The minimum Gasteiger partial charge on any atom is -0.478 e. The molecule has 0 aliphatic carbocycles. The first-order valence-electron chi connectivity index (χ1n) is 7.03. The second kappa shape index (κ2) is 8.91. The zero-order chi connectivity index (χ0) is 19.0. The van der Waals surface area contributed by atoms with Crippen LogP contribution in [0.25, 0.3) is 6.08 Å². The summed E-state index contributed by atoms with van der Waals surface area (Å²) in [5.41, 5.74) is -1.20. The largest absolute Gasteiger partial charge is 0.478 e. The van der Waals surface area contributed by atoms with Crippen LogP contribution in [0, 0.1) is 20.2 Å². The van der Waals surface area contributed by atoms with E-state index in [0.29, 0.717) is 6.42 Å². The molecule has 0 aliphatic rings. The molecule has 0 fully saturated rings. The van der Waals surface area contributed by atoms with Gasteiger partial charge in [0.2, 0.25) is 5.91 Å². The Hall–Kier alpha value is -3.56. The lowest BCUT2D eigenvalue weighted by Gasteiger charge is -2.05. The highest BCUT2D eigenvalue weighted by Crippen LogP contribution is 2.27. The number of nitrogens with zero attached hydrogens (tertiary/aromatic N) is 2. The molecular weight excluding hydrogens is 334 g/mol. The number of carboxylic acids is 1. The van der Waals surface area contributed by atoms with Crippen molar-refractivity contribution in [3.63, 3.8) is 0 Å². The Bertz CT molecular complexity index is 755. The Morgan fingerprint density at radius 3 is 2.44 bits per heavy atom. The Balaban J connectivity index is 3.03. The normalized spacial score (nSPS) is 10.8. The molecule has 0 saturated carbocycles. The molecule has 25 heavy (non-hydrogen) atoms. The van der Waals surface area contributed by atoms with E-state index in [1.165, 1.54) is 0 Å². The minimum atomic E-state index is -1.28. The van der Waals surface area contributed by atoms with Gasteiger partial charge in [-0.3, -0.25) is 25.0 Å². The average Bonchev–Trinajstić information content (AvgIpc) is 2.56. The number of hydrogen-bond donors (Lipinski definition) is 2. The number of hydrogen-bond acceptors (Lipinski definition) is 6. The molecular formula is C15H15N3O7. The van der Waals surface area contributed by atoms with Crippen LogP contribution in [0.15, 0.2) is 36.4 Å². The maximum Gasteiger partial charge on any atom is 0.331 e. The lowest BCUT2D eigenvalue weighted by atomic mass is 10.0. The second-order valence-electron chi connectivity index (χ2n) is 4.83. The number of carbonyl (C=O) groups is 2. The third kappa shape index (κ3) is 5.86. The number of amides is 1. The minimum absolute atomic E-state index is 0.0426. The van der Waals surface area contributed by atoms with Gasteiger partial charge in [0.05, 0.1) is 21.5 Å². The van der Waals surface area contributed by atoms with Crippen molar-refractivity contribution >= 4 is 29.3 Å². The number of rotatable bonds is 9. The summed E-state index contributed by atoms with van der Waals surface area (Å²) in [4.78, 5) is 42.5. The van der Waals surface area contributed by atoms with Gasteiger partial charge in [-0.25, -0.2) is 4.79 Å². The third-order valence-corrected chi connectivity index (χ3v) is 3.13. The van der Waals surface area contributed by atoms with Crippen molar-refractivity contribution in [1.82, 2.24) is 5.32 Å². The van der Waals surface area contributed by atoms with Gasteiger partial charge in [-0.2, -0.15) is 0 Å². The predicted molar refractivity (Wildman–Crippen MR) is 87.8 cm³/mol. The summed E-state index contributed by atoms with van der Waals surface area (Å²) in [5.74, 6) is -1.67. The van der Waals surface area contributed by atoms with Crippen molar-refractivity contribution in [2.24, 2.45) is 0 Å². The highest BCUT2D eigenvalue weighted by atomic mass is 16.6. The summed E-state index contributed by atoms with van der Waals surface area (Å²) in [7, 11) is 0. The number of carbonyl (C=O) groups excluding carboxylic acids is 1. The van der Waals surface area contributed by atoms with Crippen molar-refractivity contribution in [3.8, 4) is 0 Å². The fourth-order valence-electron chi connectivity index (χ4n) is 1.92. The first kappa shape index (κ1) is 19.5. The van der Waals surface area contributed by atoms with E-state index in [9.17, 15) is 34.9 Å². The maximum absolute atomic E-state index is 11.3. The summed E-state index contributed by atoms with van der Waals surface area (Å²) in [5, 5.41) is 33.5. The summed E-state index contributed by atoms with van der Waals surface area (Å²) in [6, 6.07) is 2.96. The van der Waals surface area contributed by atoms with Gasteiger partial charge in [0.15, 0.2) is 0 Å². The third-order valence-electron chi connectivity index (χ3n) is 3.13. The molecule has 1 rings (SSSR count). The van der Waals surface area contributed by atoms with E-state index in [4.69, 9.17) is 0 Å². The zero-order valence-corrected chi connectivity index (χ0v) is 13.0. The number of benzene rings is 1. The number of nitro groups is 2. The molecule has 0 bridgehead atoms. The fraction of sp³-hybridized carbons (Fsp3) is 0.200. The standard InChI is InChI=1S/C15H15N3O7/c1-2-14(19)16-7-3-4-11(15(20)21)8-10-5-6-12(17(22)23)9-13(10)18(24)25/h2,5-6,8-9H,1,3-4,7H2,(H,16,19)(H,20,21)/b11-8+. The molecule has 0 spiro atoms. The lowest BCUT2D eigenvalue weighted by Crippen LogP contribution is -2.22. The highest BCUT2D eigenvalue weighted by molar-refractivity contribution is 5.93. The Labute approximate surface area is 141 Å². The van der Waals surface area contributed by atoms with E-state index in [2.05, 4.69) is 11.9 Å². The molecule has 0 unspecified atom stereocenters. The Kier molecular flexibility index (Phi) is 6.95. The number of carboxylic acid groups (broad SMARTS) is 1. The Morgan fingerprint density at radius 2 is 1.92 bits per heavy atom. The summed E-state index contributed by atoms with van der Waals surface area (Å²) < 4.78 is 0. The van der Waals surface area contributed by atoms with Crippen molar-refractivity contribution < 1.29 is 24.5 Å². The smallest absolute Gasteiger partial charge is 0.331 e. The molecule has 0 heterocycles. The van der Waals surface area contributed by atoms with Gasteiger partial charge in [-0.1, -0.05) is 6.58 Å². The molecule has 0 atom stereocenters. The van der Waals surface area contributed by atoms with Crippen molar-refractivity contribution in [2.75, 3.05) is 6.54 Å². The van der Waals surface area contributed by atoms with E-state index in [1.807, 2.05) is 0 Å². The number of non-ortho nitro benzene ring substituents is 1. The van der Waals surface area contributed by atoms with E-state index in [0.717, 1.165) is 30.4 Å². The molecule has 10 nitrogen and oxygen atoms in total. The summed E-state index contributed by atoms with van der Waals surface area (Å²) in [6.45, 7) is 3.48. The van der Waals surface area contributed by atoms with Crippen LogP contribution in [0.3, 0.4) is 0 Å². The van der Waals surface area contributed by atoms with Crippen LogP contribution in [0.2, 0.25) is 0 Å². The summed E-state index contributed by atoms with van der Waals surface area (Å²) in [6.07, 6.45) is 2.51. The van der Waals surface area contributed by atoms with Crippen molar-refractivity contribution in [2.45, 2.75) is 12.8 Å². The van der Waals surface area contributed by atoms with Crippen molar-refractivity contribution in [1.29, 1.82) is 0 Å². The number of aliphatic carboxylic acids is 1. The fourth-order valence-corrected chi connectivity index (χ4v) is 1.92. The number of nitrogens with one attached hydrogen (secondary N) is 1. The highest BCUT2D eigenvalue weighted by Gasteiger charge is 2.19. The van der Waals surface area contributed by atoms with Gasteiger partial charge in [-0.15, -0.1) is 0 Å². The maximum atomic E-state index is 11.3. The molecule has 1 aromatic carbocycles. The topological polar surface area (TPSA) is 153 Å². The van der Waals surface area contributed by atoms with Gasteiger partial charge in [0.1, 0.15) is 0 Å². The lowest BCUT2D eigenvalue weighted by molar-refractivity contribution is -0.394. The monoisotopic (exact) mass is 349 g/mol. The van der Waals surface area contributed by atoms with Crippen LogP contribution in [-0.2, 0) is 9.59 Å². The van der Waals surface area contributed by atoms with Gasteiger partial charge in [-0.05, 0) is 31.1 Å². The quantitative estimate of drug-likeness (QED) is 0.299. The molecule has 0 aliphatic heterocycles. The molecule has 0 aromatic heterocycles. The average molecular weight is 349 g/mol. The van der Waals surface area contributed by atoms with Crippen LogP contribution in [0.5, 0.6) is 0 Å². The molecule has 1 aromatic rings. The molecule has 2 N–H and O–H groups in total. The number of nitro benzene ring substituents is 2. The van der Waals surface area contributed by atoms with E-state index >= 15 is 0 Å². The molecule has 10 heteroatoms. The molecule has 132 valence electrons. The van der Waals surface area contributed by atoms with Gasteiger partial charge < -0.3 is 10.4 Å². The first-order valence-corrected chi connectivity index (χ1v) is 7.03. The van der Waals surface area contributed by atoms with Crippen LogP contribution < -0.4 is 5.32 Å². The molecule has 0 saturated heterocycles. The van der Waals surface area contributed by atoms with E-state index < -0.39 is 33.1 Å². The molecule has 1 amide bonds. The van der Waals surface area contributed by atoms with Crippen LogP contribution in [0.1, 0.15) is 18.4 Å². The Morgan fingerprint density at radius 1 is 1.24 bits per heavy atom. The predicted octanol–water partition coefficient (Wildman–Crippen LogP) is 2.05. The van der Waals surface area contributed by atoms with Crippen LogP contribution >= 0.6 is 0 Å². The van der Waals surface area contributed by atoms with Crippen molar-refractivity contribution in [3.05, 3.63) is 62.2 Å². The zero-order valence-electron chi connectivity index (χ0n) is 13.0.